The lowest BCUT2D eigenvalue weighted by molar-refractivity contribution is 0.253. The largest absolute Gasteiger partial charge is 0.497 e. The van der Waals surface area contributed by atoms with Crippen molar-refractivity contribution in [2.45, 2.75) is 0 Å². The number of ether oxygens (including phenoxy) is 2. The highest BCUT2D eigenvalue weighted by Gasteiger charge is 2.08. The number of hydrogen-bond acceptors (Lipinski definition) is 3. The van der Waals surface area contributed by atoms with Crippen LogP contribution in [0.1, 0.15) is 5.56 Å². The summed E-state index contributed by atoms with van der Waals surface area (Å²) in [5, 5.41) is 5.22. The van der Waals surface area contributed by atoms with Gasteiger partial charge >= 0.3 is 6.03 Å². The summed E-state index contributed by atoms with van der Waals surface area (Å²) in [4.78, 5) is 11.9. The molecular formula is C18H17FN2O3. The van der Waals surface area contributed by atoms with Crippen molar-refractivity contribution >= 4 is 11.7 Å². The predicted octanol–water partition coefficient (Wildman–Crippen LogP) is 3.02. The average molecular weight is 328 g/mol. The molecule has 2 aromatic carbocycles. The fraction of sp³-hybridized carbons (Fsp3) is 0.167. The molecule has 0 unspecified atom stereocenters. The van der Waals surface area contributed by atoms with Crippen molar-refractivity contribution in [2.75, 3.05) is 26.1 Å². The molecule has 2 aromatic rings. The van der Waals surface area contributed by atoms with E-state index in [2.05, 4.69) is 22.5 Å². The molecule has 0 radical (unpaired) electrons. The number of methoxy groups -OCH3 is 2. The van der Waals surface area contributed by atoms with Crippen LogP contribution in [0, 0.1) is 17.7 Å². The highest BCUT2D eigenvalue weighted by Crippen LogP contribution is 2.28. The molecule has 0 aromatic heterocycles. The van der Waals surface area contributed by atoms with Crippen LogP contribution in [-0.2, 0) is 0 Å². The Kier molecular flexibility index (Phi) is 6.03. The van der Waals surface area contributed by atoms with Gasteiger partial charge in [-0.25, -0.2) is 9.18 Å². The number of amides is 2. The first kappa shape index (κ1) is 17.2. The molecule has 0 saturated heterocycles. The lowest BCUT2D eigenvalue weighted by Gasteiger charge is -2.11. The molecule has 2 amide bonds. The van der Waals surface area contributed by atoms with Crippen molar-refractivity contribution in [3.05, 3.63) is 53.8 Å². The number of anilines is 1. The third-order valence-electron chi connectivity index (χ3n) is 3.09. The molecule has 124 valence electrons. The summed E-state index contributed by atoms with van der Waals surface area (Å²) in [5.74, 6) is 6.06. The second kappa shape index (κ2) is 8.44. The first-order chi connectivity index (χ1) is 11.6. The molecule has 0 saturated carbocycles. The van der Waals surface area contributed by atoms with Crippen molar-refractivity contribution in [1.29, 1.82) is 0 Å². The first-order valence-corrected chi connectivity index (χ1v) is 7.14. The maximum Gasteiger partial charge on any atom is 0.320 e. The van der Waals surface area contributed by atoms with E-state index in [-0.39, 0.29) is 12.1 Å². The van der Waals surface area contributed by atoms with E-state index >= 15 is 0 Å². The van der Waals surface area contributed by atoms with Crippen molar-refractivity contribution < 1.29 is 18.7 Å². The molecule has 0 bridgehead atoms. The minimum atomic E-state index is -0.443. The van der Waals surface area contributed by atoms with Crippen LogP contribution in [0.15, 0.2) is 42.5 Å². The van der Waals surface area contributed by atoms with Gasteiger partial charge in [0.15, 0.2) is 0 Å². The summed E-state index contributed by atoms with van der Waals surface area (Å²) in [7, 11) is 3.04. The Labute approximate surface area is 139 Å². The third kappa shape index (κ3) is 4.65. The first-order valence-electron chi connectivity index (χ1n) is 7.14. The Morgan fingerprint density at radius 1 is 1.17 bits per heavy atom. The van der Waals surface area contributed by atoms with Gasteiger partial charge in [0.1, 0.15) is 17.3 Å². The zero-order chi connectivity index (χ0) is 17.4. The molecule has 6 heteroatoms. The van der Waals surface area contributed by atoms with E-state index in [4.69, 9.17) is 9.47 Å². The van der Waals surface area contributed by atoms with E-state index in [1.165, 1.54) is 13.2 Å². The standard InChI is InChI=1S/C18H17FN2O3/c1-23-14-9-10-16(17(12-14)24-2)21-18(22)20-11-5-7-13-6-3-4-8-15(13)19/h3-4,6,8-10,12H,11H2,1-2H3,(H2,20,21,22). The van der Waals surface area contributed by atoms with E-state index in [9.17, 15) is 9.18 Å². The fourth-order valence-corrected chi connectivity index (χ4v) is 1.89. The minimum Gasteiger partial charge on any atom is -0.497 e. The van der Waals surface area contributed by atoms with E-state index in [0.717, 1.165) is 0 Å². The smallest absolute Gasteiger partial charge is 0.320 e. The zero-order valence-corrected chi connectivity index (χ0v) is 13.4. The monoisotopic (exact) mass is 328 g/mol. The second-order valence-corrected chi connectivity index (χ2v) is 4.66. The molecular weight excluding hydrogens is 311 g/mol. The van der Waals surface area contributed by atoms with E-state index in [0.29, 0.717) is 17.2 Å². The molecule has 0 heterocycles. The second-order valence-electron chi connectivity index (χ2n) is 4.66. The van der Waals surface area contributed by atoms with E-state index in [1.807, 2.05) is 0 Å². The molecule has 0 aliphatic heterocycles. The zero-order valence-electron chi connectivity index (χ0n) is 13.4. The normalized spacial score (nSPS) is 9.46. The Balaban J connectivity index is 1.92. The van der Waals surface area contributed by atoms with Crippen molar-refractivity contribution in [2.24, 2.45) is 0 Å². The van der Waals surface area contributed by atoms with Crippen LogP contribution < -0.4 is 20.1 Å². The number of nitrogens with one attached hydrogen (secondary N) is 2. The summed E-state index contributed by atoms with van der Waals surface area (Å²) in [5.41, 5.74) is 0.786. The summed E-state index contributed by atoms with van der Waals surface area (Å²) in [6, 6.07) is 10.8. The Hall–Kier alpha value is -3.20. The maximum absolute atomic E-state index is 13.4. The number of hydrogen-bond donors (Lipinski definition) is 2. The molecule has 0 fully saturated rings. The SMILES string of the molecule is COc1ccc(NC(=O)NCC#Cc2ccccc2F)c(OC)c1. The minimum absolute atomic E-state index is 0.0820. The summed E-state index contributed by atoms with van der Waals surface area (Å²) in [6.07, 6.45) is 0. The van der Waals surface area contributed by atoms with Crippen molar-refractivity contribution in [3.8, 4) is 23.3 Å². The number of urea groups is 1. The highest BCUT2D eigenvalue weighted by atomic mass is 19.1. The highest BCUT2D eigenvalue weighted by molar-refractivity contribution is 5.91. The van der Waals surface area contributed by atoms with Crippen LogP contribution in [0.25, 0.3) is 0 Å². The van der Waals surface area contributed by atoms with E-state index < -0.39 is 11.8 Å². The van der Waals surface area contributed by atoms with Crippen LogP contribution >= 0.6 is 0 Å². The van der Waals surface area contributed by atoms with Crippen LogP contribution in [0.5, 0.6) is 11.5 Å². The quantitative estimate of drug-likeness (QED) is 0.848. The average Bonchev–Trinajstić information content (AvgIpc) is 2.60. The van der Waals surface area contributed by atoms with Crippen molar-refractivity contribution in [1.82, 2.24) is 5.32 Å². The Morgan fingerprint density at radius 3 is 2.67 bits per heavy atom. The van der Waals surface area contributed by atoms with Crippen molar-refractivity contribution in [3.63, 3.8) is 0 Å². The lowest BCUT2D eigenvalue weighted by Crippen LogP contribution is -2.29. The summed E-state index contributed by atoms with van der Waals surface area (Å²) >= 11 is 0. The van der Waals surface area contributed by atoms with Gasteiger partial charge in [-0.05, 0) is 24.3 Å². The number of carbonyl (C=O) groups excluding carboxylic acids is 1. The number of halogens is 1. The molecule has 2 N–H and O–H groups in total. The predicted molar refractivity (Wildman–Crippen MR) is 89.8 cm³/mol. The Morgan fingerprint density at radius 2 is 1.96 bits per heavy atom. The topological polar surface area (TPSA) is 59.6 Å². The molecule has 2 rings (SSSR count). The lowest BCUT2D eigenvalue weighted by atomic mass is 10.2. The summed E-state index contributed by atoms with van der Waals surface area (Å²) < 4.78 is 23.7. The van der Waals surface area contributed by atoms with Crippen LogP contribution in [0.2, 0.25) is 0 Å². The number of carbonyl (C=O) groups is 1. The van der Waals surface area contributed by atoms with Gasteiger partial charge in [0.25, 0.3) is 0 Å². The van der Waals surface area contributed by atoms with Gasteiger partial charge in [-0.1, -0.05) is 24.0 Å². The maximum atomic E-state index is 13.4. The summed E-state index contributed by atoms with van der Waals surface area (Å²) in [6.45, 7) is 0.0820. The molecule has 0 spiro atoms. The molecule has 5 nitrogen and oxygen atoms in total. The van der Waals surface area contributed by atoms with Gasteiger partial charge in [0, 0.05) is 6.07 Å². The van der Waals surface area contributed by atoms with Crippen LogP contribution in [0.4, 0.5) is 14.9 Å². The van der Waals surface area contributed by atoms with Gasteiger partial charge < -0.3 is 20.1 Å². The van der Waals surface area contributed by atoms with Gasteiger partial charge in [-0.2, -0.15) is 0 Å². The third-order valence-corrected chi connectivity index (χ3v) is 3.09. The van der Waals surface area contributed by atoms with Gasteiger partial charge in [0.05, 0.1) is 32.0 Å². The number of rotatable bonds is 4. The Bertz CT molecular complexity index is 781. The molecule has 0 aliphatic rings. The van der Waals surface area contributed by atoms with Gasteiger partial charge in [0.2, 0.25) is 0 Å². The molecule has 0 atom stereocenters. The van der Waals surface area contributed by atoms with E-state index in [1.54, 1.807) is 43.5 Å². The number of benzene rings is 2. The van der Waals surface area contributed by atoms with Crippen LogP contribution in [0.3, 0.4) is 0 Å². The van der Waals surface area contributed by atoms with Gasteiger partial charge in [-0.15, -0.1) is 0 Å². The molecule has 0 aliphatic carbocycles. The fourth-order valence-electron chi connectivity index (χ4n) is 1.89. The molecule has 24 heavy (non-hydrogen) atoms. The van der Waals surface area contributed by atoms with Crippen LogP contribution in [-0.4, -0.2) is 26.8 Å². The van der Waals surface area contributed by atoms with Gasteiger partial charge in [-0.3, -0.25) is 0 Å².